The number of carbonyl (C=O) groups is 8. The van der Waals surface area contributed by atoms with Crippen LogP contribution >= 0.6 is 0 Å². The summed E-state index contributed by atoms with van der Waals surface area (Å²) < 4.78 is 27.5. The minimum absolute atomic E-state index is 0.0114. The van der Waals surface area contributed by atoms with E-state index in [-0.39, 0.29) is 94.8 Å². The fraction of sp³-hybridized carbons (Fsp3) is 0.520. The number of rotatable bonds is 10. The van der Waals surface area contributed by atoms with Crippen LogP contribution in [0, 0.1) is 82.7 Å². The highest BCUT2D eigenvalue weighted by molar-refractivity contribution is 6.08. The van der Waals surface area contributed by atoms with Gasteiger partial charge >= 0.3 is 0 Å². The molecule has 1 aromatic rings. The van der Waals surface area contributed by atoms with Gasteiger partial charge in [-0.3, -0.25) is 33.6 Å². The van der Waals surface area contributed by atoms with Crippen molar-refractivity contribution in [3.05, 3.63) is 221 Å². The number of carbonyl (C=O) groups excluding carboxylic acids is 8. The number of aromatic nitrogens is 1. The maximum Gasteiger partial charge on any atom is 0.195 e. The zero-order valence-corrected chi connectivity index (χ0v) is 71.1. The Bertz CT molecular complexity index is 3970. The molecule has 2 saturated heterocycles. The second kappa shape index (κ2) is 44.2. The Hall–Kier alpha value is -9.43. The van der Waals surface area contributed by atoms with Crippen LogP contribution in [0.15, 0.2) is 215 Å². The molecule has 2 N–H and O–H groups in total. The van der Waals surface area contributed by atoms with Crippen LogP contribution in [0.3, 0.4) is 0 Å². The summed E-state index contributed by atoms with van der Waals surface area (Å²) in [6.07, 6.45) is 61.1. The first-order chi connectivity index (χ1) is 54.5. The van der Waals surface area contributed by atoms with E-state index in [9.17, 15) is 38.4 Å². The molecule has 628 valence electrons. The fourth-order valence-corrected chi connectivity index (χ4v) is 14.2. The number of hydrogen-bond acceptors (Lipinski definition) is 18. The van der Waals surface area contributed by atoms with Crippen molar-refractivity contribution < 1.29 is 72.0 Å². The predicted octanol–water partition coefficient (Wildman–Crippen LogP) is 21.3. The van der Waals surface area contributed by atoms with Gasteiger partial charge in [0.05, 0.1) is 56.8 Å². The van der Waals surface area contributed by atoms with Crippen molar-refractivity contribution in [3.63, 3.8) is 0 Å². The number of ether oxygens (including phenoxy) is 4. The van der Waals surface area contributed by atoms with Gasteiger partial charge in [0.2, 0.25) is 0 Å². The standard InChI is InChI=1S/C11H18O2.2C10H11NO.C10H9NO.C10H16O3.C10H14O2.C10H12O2.2C9H14O.C9H12O/c1-3-10(2)4-6-11(7-5-10)12-8-9-13-11;1-3-10(2)5-4-9-8(6-10)7-11-12-9;2*1-3-10(2)5-4-9(12)8(6-10)7-11;1-9(8-11)2-4-10(5-3-9)12-6-7-13-10;2*1-3-10(2)5-4-9(12)8(6-10)7-11;3*1-3-9(2)6-4-8(10)5-7-9/h3H,1,4-9H2,2H3;3-5,7H,1,6H2,2H3;3-5,8H,1,6H2,2H3;3-6H,1H2,2H3;8H,2-7H2,1H3;3,7,11H,1,4-6H2,2H3;3-5,7,11H,1,6H2,2H3;2*3H,1,4-7H2,2H3;3-4,6H,1,5,7H2,2H3/b;;;;;2*8-7-;;;. The van der Waals surface area contributed by atoms with Gasteiger partial charge in [-0.05, 0) is 155 Å². The monoisotopic (exact) mass is 1590 g/mol. The Morgan fingerprint density at radius 3 is 1.29 bits per heavy atom. The van der Waals surface area contributed by atoms with Gasteiger partial charge < -0.3 is 38.5 Å². The molecule has 7 unspecified atom stereocenters. The van der Waals surface area contributed by atoms with Gasteiger partial charge in [0.25, 0.3) is 0 Å². The normalized spacial score (nSPS) is 30.7. The van der Waals surface area contributed by atoms with Crippen molar-refractivity contribution in [1.29, 1.82) is 10.5 Å². The molecule has 0 amide bonds. The number of Topliss-reactive ketones (excluding diaryl/α,β-unsaturated/α-hetero) is 3. The molecule has 7 fully saturated rings. The zero-order chi connectivity index (χ0) is 86.9. The lowest BCUT2D eigenvalue weighted by Crippen LogP contribution is -2.39. The molecule has 2 spiro atoms. The average Bonchev–Trinajstić information content (AvgIpc) is 1.60. The number of aldehydes is 1. The summed E-state index contributed by atoms with van der Waals surface area (Å²) >= 11 is 0. The summed E-state index contributed by atoms with van der Waals surface area (Å²) in [5.41, 5.74) is 2.39. The van der Waals surface area contributed by atoms with Gasteiger partial charge in [0, 0.05) is 113 Å². The Morgan fingerprint density at radius 2 is 0.871 bits per heavy atom. The third-order valence-corrected chi connectivity index (χ3v) is 24.7. The molecule has 5 saturated carbocycles. The van der Waals surface area contributed by atoms with Crippen LogP contribution in [0.4, 0.5) is 0 Å². The number of allylic oxidation sites excluding steroid dienone is 22. The lowest BCUT2D eigenvalue weighted by molar-refractivity contribution is -0.189. The van der Waals surface area contributed by atoms with Crippen LogP contribution in [0.25, 0.3) is 6.08 Å². The maximum absolute atomic E-state index is 11.2. The summed E-state index contributed by atoms with van der Waals surface area (Å²) in [5, 5.41) is 38.5. The Balaban J connectivity index is 0.000000272. The SMILES string of the molecule is C=CC1(C)C=CC(=O)/C(=C\O)C1.C=CC1(C)C=CC(=O)C(C#N)=C1.C=CC1(C)C=CC(=O)C(C#N)C1.C=CC1(C)C=CC(=O)CC1.C=CC1(C)C=Cc2oncc2C1.C=CC1(C)CCC(=O)/C(=C\O)C1.C=CC1(C)CCC(=O)CC1.C=CC1(C)CCC(=O)CC1.C=CC1(C)CCC2(CC1)OCCO2.CC1(C=O)CCC2(CC1)OCCO2. The lowest BCUT2D eigenvalue weighted by atomic mass is 9.73. The number of nitrogens with zero attached hydrogens (tertiary/aromatic N) is 3. The van der Waals surface area contributed by atoms with Crippen LogP contribution < -0.4 is 0 Å². The van der Waals surface area contributed by atoms with Gasteiger partial charge in [0.15, 0.2) is 46.3 Å². The van der Waals surface area contributed by atoms with Gasteiger partial charge in [-0.25, -0.2) is 0 Å². The van der Waals surface area contributed by atoms with E-state index < -0.39 is 5.92 Å². The second-order valence-corrected chi connectivity index (χ2v) is 35.2. The largest absolute Gasteiger partial charge is 0.515 e. The molecule has 13 rings (SSSR count). The van der Waals surface area contributed by atoms with E-state index >= 15 is 0 Å². The van der Waals surface area contributed by atoms with Crippen LogP contribution in [0.1, 0.15) is 228 Å². The first-order valence-electron chi connectivity index (χ1n) is 40.6. The first kappa shape index (κ1) is 98.9. The summed E-state index contributed by atoms with van der Waals surface area (Å²) in [6.45, 7) is 57.4. The van der Waals surface area contributed by atoms with Crippen molar-refractivity contribution in [2.75, 3.05) is 26.4 Å². The van der Waals surface area contributed by atoms with Crippen LogP contribution in [0.5, 0.6) is 0 Å². The summed E-state index contributed by atoms with van der Waals surface area (Å²) in [4.78, 5) is 87.6. The van der Waals surface area contributed by atoms with Gasteiger partial charge in [0.1, 0.15) is 29.8 Å². The van der Waals surface area contributed by atoms with Gasteiger partial charge in [-0.15, -0.1) is 59.2 Å². The van der Waals surface area contributed by atoms with E-state index in [2.05, 4.69) is 118 Å². The quantitative estimate of drug-likeness (QED) is 0.0952. The maximum atomic E-state index is 11.2. The van der Waals surface area contributed by atoms with E-state index in [1.165, 1.54) is 23.8 Å². The van der Waals surface area contributed by atoms with E-state index in [1.807, 2.05) is 94.5 Å². The minimum atomic E-state index is -0.488. The Kier molecular flexibility index (Phi) is 37.7. The van der Waals surface area contributed by atoms with Crippen molar-refractivity contribution in [3.8, 4) is 12.1 Å². The second-order valence-electron chi connectivity index (χ2n) is 35.2. The van der Waals surface area contributed by atoms with Crippen molar-refractivity contribution >= 4 is 52.8 Å². The molecular formula is C98H131N3O15. The molecule has 2 aliphatic heterocycles. The first-order valence-corrected chi connectivity index (χ1v) is 40.6. The molecular weight excluding hydrogens is 1460 g/mol. The van der Waals surface area contributed by atoms with Gasteiger partial charge in [-0.1, -0.05) is 153 Å². The highest BCUT2D eigenvalue weighted by Gasteiger charge is 2.45. The Labute approximate surface area is 691 Å². The number of nitriles is 2. The number of aliphatic hydroxyl groups is 2. The fourth-order valence-electron chi connectivity index (χ4n) is 14.2. The minimum Gasteiger partial charge on any atom is -0.515 e. The van der Waals surface area contributed by atoms with E-state index in [1.54, 1.807) is 42.7 Å². The third kappa shape index (κ3) is 30.6. The smallest absolute Gasteiger partial charge is 0.195 e. The molecule has 3 heterocycles. The van der Waals surface area contributed by atoms with Crippen molar-refractivity contribution in [2.45, 2.75) is 235 Å². The topological polar surface area (TPSA) is 288 Å². The van der Waals surface area contributed by atoms with E-state index in [4.69, 9.17) is 44.2 Å². The van der Waals surface area contributed by atoms with Crippen molar-refractivity contribution in [1.82, 2.24) is 5.16 Å². The number of ketones is 7. The zero-order valence-electron chi connectivity index (χ0n) is 71.1. The molecule has 12 aliphatic rings. The Morgan fingerprint density at radius 1 is 0.440 bits per heavy atom. The van der Waals surface area contributed by atoms with E-state index in [0.717, 1.165) is 160 Å². The summed E-state index contributed by atoms with van der Waals surface area (Å²) in [6, 6.07) is 3.85. The van der Waals surface area contributed by atoms with Crippen LogP contribution in [-0.2, 0) is 63.7 Å². The predicted molar refractivity (Wildman–Crippen MR) is 459 cm³/mol. The van der Waals surface area contributed by atoms with Gasteiger partial charge in [-0.2, -0.15) is 10.5 Å². The molecule has 1 aromatic heterocycles. The highest BCUT2D eigenvalue weighted by Crippen LogP contribution is 2.47. The van der Waals surface area contributed by atoms with Crippen LogP contribution in [-0.4, -0.2) is 100 Å². The molecule has 0 bridgehead atoms. The van der Waals surface area contributed by atoms with Crippen LogP contribution in [0.2, 0.25) is 0 Å². The molecule has 116 heavy (non-hydrogen) atoms. The lowest BCUT2D eigenvalue weighted by Gasteiger charge is -2.39. The highest BCUT2D eigenvalue weighted by atomic mass is 16.7. The third-order valence-electron chi connectivity index (χ3n) is 24.7. The molecule has 18 heteroatoms. The number of fused-ring (bicyclic) bond motifs is 1. The average molecular weight is 1590 g/mol. The van der Waals surface area contributed by atoms with E-state index in [0.29, 0.717) is 73.4 Å². The molecule has 10 aliphatic carbocycles. The number of aliphatic hydroxyl groups excluding tert-OH is 2. The van der Waals surface area contributed by atoms with Crippen molar-refractivity contribution in [2.24, 2.45) is 60.1 Å². The summed E-state index contributed by atoms with van der Waals surface area (Å²) in [7, 11) is 0. The summed E-state index contributed by atoms with van der Waals surface area (Å²) in [5.74, 6) is 0.554. The molecule has 18 nitrogen and oxygen atoms in total. The number of hydrogen-bond donors (Lipinski definition) is 2. The molecule has 0 aromatic carbocycles. The molecule has 7 atom stereocenters. The molecule has 0 radical (unpaired) electrons.